The average molecular weight is 229 g/mol. The first-order chi connectivity index (χ1) is 7.66. The molecule has 1 saturated carbocycles. The van der Waals surface area contributed by atoms with E-state index >= 15 is 0 Å². The Morgan fingerprint density at radius 1 is 1.31 bits per heavy atom. The van der Waals surface area contributed by atoms with Crippen LogP contribution in [0.15, 0.2) is 0 Å². The van der Waals surface area contributed by atoms with E-state index < -0.39 is 5.60 Å². The zero-order valence-electron chi connectivity index (χ0n) is 10.1. The van der Waals surface area contributed by atoms with Crippen LogP contribution in [-0.4, -0.2) is 49.2 Å². The van der Waals surface area contributed by atoms with Crippen molar-refractivity contribution in [2.45, 2.75) is 50.4 Å². The fraction of sp³-hybridized carbons (Fsp3) is 1.00. The van der Waals surface area contributed by atoms with E-state index in [0.29, 0.717) is 19.2 Å². The van der Waals surface area contributed by atoms with Gasteiger partial charge in [0.25, 0.3) is 0 Å². The van der Waals surface area contributed by atoms with E-state index in [9.17, 15) is 5.11 Å². The largest absolute Gasteiger partial charge is 0.386 e. The van der Waals surface area contributed by atoms with Crippen LogP contribution in [0.3, 0.4) is 0 Å². The monoisotopic (exact) mass is 229 g/mol. The van der Waals surface area contributed by atoms with Gasteiger partial charge in [-0.3, -0.25) is 0 Å². The summed E-state index contributed by atoms with van der Waals surface area (Å²) in [5.74, 6) is 0. The molecule has 2 N–H and O–H groups in total. The number of hydrogen-bond donors (Lipinski definition) is 2. The number of nitrogens with one attached hydrogen (secondary N) is 1. The predicted octanol–water partition coefficient (Wildman–Crippen LogP) is 0.685. The highest BCUT2D eigenvalue weighted by Gasteiger charge is 2.28. The van der Waals surface area contributed by atoms with Crippen LogP contribution in [-0.2, 0) is 9.47 Å². The van der Waals surface area contributed by atoms with Gasteiger partial charge in [-0.2, -0.15) is 0 Å². The third-order valence-corrected chi connectivity index (χ3v) is 3.15. The van der Waals surface area contributed by atoms with Crippen LogP contribution in [0, 0.1) is 0 Å². The van der Waals surface area contributed by atoms with Crippen LogP contribution in [0.25, 0.3) is 0 Å². The Balaban J connectivity index is 1.61. The van der Waals surface area contributed by atoms with Gasteiger partial charge >= 0.3 is 0 Å². The molecule has 0 amide bonds. The van der Waals surface area contributed by atoms with Crippen LogP contribution >= 0.6 is 0 Å². The molecule has 4 nitrogen and oxygen atoms in total. The first-order valence-corrected chi connectivity index (χ1v) is 6.31. The van der Waals surface area contributed by atoms with Gasteiger partial charge in [0.15, 0.2) is 0 Å². The minimum atomic E-state index is -0.749. The van der Waals surface area contributed by atoms with Crippen LogP contribution in [0.5, 0.6) is 0 Å². The molecule has 2 fully saturated rings. The summed E-state index contributed by atoms with van der Waals surface area (Å²) in [7, 11) is 0. The number of aliphatic hydroxyl groups is 1. The number of ether oxygens (including phenoxy) is 2. The highest BCUT2D eigenvalue weighted by atomic mass is 16.5. The van der Waals surface area contributed by atoms with E-state index in [1.165, 1.54) is 12.8 Å². The second-order valence-corrected chi connectivity index (χ2v) is 5.27. The normalized spacial score (nSPS) is 26.6. The minimum absolute atomic E-state index is 0.265. The Morgan fingerprint density at radius 2 is 2.00 bits per heavy atom. The summed E-state index contributed by atoms with van der Waals surface area (Å²) in [4.78, 5) is 0. The first-order valence-electron chi connectivity index (χ1n) is 6.31. The molecule has 1 atom stereocenters. The molecule has 0 bridgehead atoms. The van der Waals surface area contributed by atoms with Gasteiger partial charge in [0.1, 0.15) is 0 Å². The van der Waals surface area contributed by atoms with Gasteiger partial charge in [-0.05, 0) is 32.6 Å². The van der Waals surface area contributed by atoms with Crippen LogP contribution < -0.4 is 5.32 Å². The van der Waals surface area contributed by atoms with Gasteiger partial charge in [0.05, 0.1) is 18.3 Å². The second kappa shape index (κ2) is 5.45. The maximum Gasteiger partial charge on any atom is 0.0975 e. The van der Waals surface area contributed by atoms with Crippen molar-refractivity contribution in [3.63, 3.8) is 0 Å². The summed E-state index contributed by atoms with van der Waals surface area (Å²) >= 11 is 0. The summed E-state index contributed by atoms with van der Waals surface area (Å²) in [6.45, 7) is 4.44. The molecule has 0 spiro atoms. The van der Waals surface area contributed by atoms with E-state index in [4.69, 9.17) is 9.47 Å². The quantitative estimate of drug-likeness (QED) is 0.703. The van der Waals surface area contributed by atoms with Gasteiger partial charge in [0, 0.05) is 25.8 Å². The molecule has 0 aromatic rings. The molecule has 1 aliphatic heterocycles. The number of rotatable bonds is 6. The second-order valence-electron chi connectivity index (χ2n) is 5.27. The van der Waals surface area contributed by atoms with Crippen molar-refractivity contribution in [1.82, 2.24) is 5.32 Å². The van der Waals surface area contributed by atoms with Gasteiger partial charge in [0.2, 0.25) is 0 Å². The lowest BCUT2D eigenvalue weighted by Gasteiger charge is -2.28. The predicted molar refractivity (Wildman–Crippen MR) is 61.4 cm³/mol. The lowest BCUT2D eigenvalue weighted by atomic mass is 10.1. The summed E-state index contributed by atoms with van der Waals surface area (Å²) < 4.78 is 11.0. The smallest absolute Gasteiger partial charge is 0.0975 e. The Hall–Kier alpha value is -0.160. The molecule has 2 rings (SSSR count). The molecule has 1 heterocycles. The van der Waals surface area contributed by atoms with Gasteiger partial charge in [-0.25, -0.2) is 0 Å². The standard InChI is InChI=1S/C12H23NO3/c1-12(14,8-13-10-2-3-10)9-16-11-4-6-15-7-5-11/h10-11,13-14H,2-9H2,1H3. The van der Waals surface area contributed by atoms with Crippen molar-refractivity contribution in [3.8, 4) is 0 Å². The molecule has 1 unspecified atom stereocenters. The molecule has 4 heteroatoms. The van der Waals surface area contributed by atoms with Crippen LogP contribution in [0.4, 0.5) is 0 Å². The van der Waals surface area contributed by atoms with E-state index in [1.807, 2.05) is 6.92 Å². The Labute approximate surface area is 97.3 Å². The lowest BCUT2D eigenvalue weighted by Crippen LogP contribution is -2.44. The zero-order valence-corrected chi connectivity index (χ0v) is 10.1. The molecule has 0 aromatic heterocycles. The van der Waals surface area contributed by atoms with E-state index in [0.717, 1.165) is 26.1 Å². The molecular weight excluding hydrogens is 206 g/mol. The number of hydrogen-bond acceptors (Lipinski definition) is 4. The van der Waals surface area contributed by atoms with Crippen LogP contribution in [0.1, 0.15) is 32.6 Å². The van der Waals surface area contributed by atoms with Crippen molar-refractivity contribution < 1.29 is 14.6 Å². The molecule has 94 valence electrons. The fourth-order valence-electron chi connectivity index (χ4n) is 1.84. The Kier molecular flexibility index (Phi) is 4.19. The van der Waals surface area contributed by atoms with E-state index in [1.54, 1.807) is 0 Å². The van der Waals surface area contributed by atoms with E-state index in [-0.39, 0.29) is 6.10 Å². The summed E-state index contributed by atoms with van der Waals surface area (Å²) in [5, 5.41) is 13.4. The zero-order chi connectivity index (χ0) is 11.4. The van der Waals surface area contributed by atoms with Crippen molar-refractivity contribution >= 4 is 0 Å². The maximum absolute atomic E-state index is 10.1. The Morgan fingerprint density at radius 3 is 2.62 bits per heavy atom. The minimum Gasteiger partial charge on any atom is -0.386 e. The SMILES string of the molecule is CC(O)(CNC1CC1)COC1CCOCC1. The third kappa shape index (κ3) is 4.37. The van der Waals surface area contributed by atoms with Crippen molar-refractivity contribution in [2.24, 2.45) is 0 Å². The topological polar surface area (TPSA) is 50.7 Å². The Bertz CT molecular complexity index is 210. The summed E-state index contributed by atoms with van der Waals surface area (Å²) in [5.41, 5.74) is -0.749. The maximum atomic E-state index is 10.1. The van der Waals surface area contributed by atoms with Gasteiger partial charge < -0.3 is 19.9 Å². The molecular formula is C12H23NO3. The average Bonchev–Trinajstić information content (AvgIpc) is 3.09. The lowest BCUT2D eigenvalue weighted by molar-refractivity contribution is -0.0903. The molecule has 2 aliphatic rings. The summed E-state index contributed by atoms with van der Waals surface area (Å²) in [6, 6.07) is 0.634. The van der Waals surface area contributed by atoms with Gasteiger partial charge in [-0.1, -0.05) is 0 Å². The van der Waals surface area contributed by atoms with Crippen molar-refractivity contribution in [3.05, 3.63) is 0 Å². The molecule has 16 heavy (non-hydrogen) atoms. The van der Waals surface area contributed by atoms with E-state index in [2.05, 4.69) is 5.32 Å². The third-order valence-electron chi connectivity index (χ3n) is 3.15. The summed E-state index contributed by atoms with van der Waals surface area (Å²) in [6.07, 6.45) is 4.66. The van der Waals surface area contributed by atoms with Crippen molar-refractivity contribution in [2.75, 3.05) is 26.4 Å². The fourth-order valence-corrected chi connectivity index (χ4v) is 1.84. The van der Waals surface area contributed by atoms with Crippen molar-refractivity contribution in [1.29, 1.82) is 0 Å². The molecule has 1 saturated heterocycles. The molecule has 0 aromatic carbocycles. The highest BCUT2D eigenvalue weighted by Crippen LogP contribution is 2.20. The van der Waals surface area contributed by atoms with Gasteiger partial charge in [-0.15, -0.1) is 0 Å². The van der Waals surface area contributed by atoms with Crippen LogP contribution in [0.2, 0.25) is 0 Å². The molecule has 1 aliphatic carbocycles. The highest BCUT2D eigenvalue weighted by molar-refractivity contribution is 4.85. The first kappa shape index (κ1) is 12.3. The molecule has 0 radical (unpaired) electrons.